The van der Waals surface area contributed by atoms with Gasteiger partial charge in [-0.2, -0.15) is 0 Å². The highest BCUT2D eigenvalue weighted by Crippen LogP contribution is 2.26. The standard InChI is InChI=1S/C19H18Cl2N2O3/c1-12-6-7-13(2)16(10-12)26-11-18(25)23-22-17(24)9-8-14-4-3-5-15(20)19(14)21/h3-10H,11H2,1-2H3,(H,22,24)(H,23,25)/b9-8+. The van der Waals surface area contributed by atoms with Gasteiger partial charge < -0.3 is 4.74 Å². The molecule has 2 rings (SSSR count). The second-order valence-corrected chi connectivity index (χ2v) is 6.36. The highest BCUT2D eigenvalue weighted by Gasteiger charge is 2.06. The Labute approximate surface area is 161 Å². The van der Waals surface area contributed by atoms with E-state index in [-0.39, 0.29) is 6.61 Å². The molecule has 0 spiro atoms. The van der Waals surface area contributed by atoms with Crippen LogP contribution >= 0.6 is 23.2 Å². The Balaban J connectivity index is 1.81. The summed E-state index contributed by atoms with van der Waals surface area (Å²) in [5.74, 6) is -0.364. The number of halogens is 2. The van der Waals surface area contributed by atoms with Crippen LogP contribution in [0.3, 0.4) is 0 Å². The lowest BCUT2D eigenvalue weighted by Gasteiger charge is -2.10. The van der Waals surface area contributed by atoms with Gasteiger partial charge in [0.15, 0.2) is 6.61 Å². The number of rotatable bonds is 5. The second kappa shape index (κ2) is 9.27. The number of ether oxygens (including phenoxy) is 1. The molecular formula is C19H18Cl2N2O3. The summed E-state index contributed by atoms with van der Waals surface area (Å²) < 4.78 is 5.46. The summed E-state index contributed by atoms with van der Waals surface area (Å²) in [6.07, 6.45) is 2.74. The SMILES string of the molecule is Cc1ccc(C)c(OCC(=O)NNC(=O)/C=C/c2cccc(Cl)c2Cl)c1. The fourth-order valence-corrected chi connectivity index (χ4v) is 2.40. The van der Waals surface area contributed by atoms with E-state index in [0.29, 0.717) is 21.4 Å². The average Bonchev–Trinajstić information content (AvgIpc) is 2.62. The molecule has 5 nitrogen and oxygen atoms in total. The summed E-state index contributed by atoms with van der Waals surface area (Å²) >= 11 is 11.9. The van der Waals surface area contributed by atoms with Gasteiger partial charge in [-0.3, -0.25) is 20.4 Å². The Morgan fingerprint density at radius 1 is 1.12 bits per heavy atom. The van der Waals surface area contributed by atoms with Crippen molar-refractivity contribution in [3.63, 3.8) is 0 Å². The normalized spacial score (nSPS) is 10.6. The van der Waals surface area contributed by atoms with Gasteiger partial charge in [0.25, 0.3) is 11.8 Å². The number of benzene rings is 2. The maximum atomic E-state index is 11.8. The molecule has 0 aliphatic carbocycles. The largest absolute Gasteiger partial charge is 0.483 e. The number of hydrogen-bond donors (Lipinski definition) is 2. The van der Waals surface area contributed by atoms with Crippen LogP contribution in [-0.2, 0) is 9.59 Å². The molecule has 0 saturated heterocycles. The zero-order chi connectivity index (χ0) is 19.1. The molecule has 0 saturated carbocycles. The van der Waals surface area contributed by atoms with Crippen molar-refractivity contribution in [2.24, 2.45) is 0 Å². The molecule has 0 bridgehead atoms. The molecule has 0 aliphatic heterocycles. The van der Waals surface area contributed by atoms with Crippen LogP contribution < -0.4 is 15.6 Å². The molecule has 2 N–H and O–H groups in total. The van der Waals surface area contributed by atoms with Crippen LogP contribution in [0, 0.1) is 13.8 Å². The Morgan fingerprint density at radius 3 is 2.65 bits per heavy atom. The topological polar surface area (TPSA) is 67.4 Å². The third-order valence-electron chi connectivity index (χ3n) is 3.42. The van der Waals surface area contributed by atoms with Gasteiger partial charge in [0.05, 0.1) is 10.0 Å². The lowest BCUT2D eigenvalue weighted by Crippen LogP contribution is -2.43. The van der Waals surface area contributed by atoms with Crippen molar-refractivity contribution >= 4 is 41.1 Å². The van der Waals surface area contributed by atoms with Gasteiger partial charge >= 0.3 is 0 Å². The number of hydrogen-bond acceptors (Lipinski definition) is 3. The maximum Gasteiger partial charge on any atom is 0.276 e. The summed E-state index contributed by atoms with van der Waals surface area (Å²) in [6, 6.07) is 10.8. The molecule has 2 aromatic rings. The molecular weight excluding hydrogens is 375 g/mol. The number of carbonyl (C=O) groups is 2. The molecule has 0 heterocycles. The van der Waals surface area contributed by atoms with Crippen LogP contribution in [0.25, 0.3) is 6.08 Å². The Bertz CT molecular complexity index is 851. The van der Waals surface area contributed by atoms with Crippen LogP contribution in [0.1, 0.15) is 16.7 Å². The van der Waals surface area contributed by atoms with Crippen molar-refractivity contribution in [3.8, 4) is 5.75 Å². The minimum Gasteiger partial charge on any atom is -0.483 e. The van der Waals surface area contributed by atoms with Gasteiger partial charge in [-0.25, -0.2) is 0 Å². The Hall–Kier alpha value is -2.50. The zero-order valence-corrected chi connectivity index (χ0v) is 15.8. The van der Waals surface area contributed by atoms with E-state index in [1.807, 2.05) is 32.0 Å². The van der Waals surface area contributed by atoms with Crippen LogP contribution in [0.2, 0.25) is 10.0 Å². The molecule has 2 aromatic carbocycles. The summed E-state index contributed by atoms with van der Waals surface area (Å²) in [6.45, 7) is 3.61. The van der Waals surface area contributed by atoms with Crippen molar-refractivity contribution in [2.45, 2.75) is 13.8 Å². The van der Waals surface area contributed by atoms with Crippen LogP contribution in [-0.4, -0.2) is 18.4 Å². The fourth-order valence-electron chi connectivity index (χ4n) is 2.03. The molecule has 0 unspecified atom stereocenters. The highest BCUT2D eigenvalue weighted by molar-refractivity contribution is 6.42. The highest BCUT2D eigenvalue weighted by atomic mass is 35.5. The quantitative estimate of drug-likeness (QED) is 0.599. The first-order valence-corrected chi connectivity index (χ1v) is 8.53. The van der Waals surface area contributed by atoms with Crippen molar-refractivity contribution in [1.82, 2.24) is 10.9 Å². The molecule has 0 aliphatic rings. The minimum absolute atomic E-state index is 0.214. The first-order chi connectivity index (χ1) is 12.4. The number of carbonyl (C=O) groups excluding carboxylic acids is 2. The molecule has 0 fully saturated rings. The maximum absolute atomic E-state index is 11.8. The molecule has 0 atom stereocenters. The predicted molar refractivity (Wildman–Crippen MR) is 103 cm³/mol. The monoisotopic (exact) mass is 392 g/mol. The lowest BCUT2D eigenvalue weighted by molar-refractivity contribution is -0.128. The average molecular weight is 393 g/mol. The van der Waals surface area contributed by atoms with Crippen LogP contribution in [0.15, 0.2) is 42.5 Å². The van der Waals surface area contributed by atoms with Gasteiger partial charge in [0.1, 0.15) is 5.75 Å². The van der Waals surface area contributed by atoms with E-state index in [9.17, 15) is 9.59 Å². The second-order valence-electron chi connectivity index (χ2n) is 5.57. The predicted octanol–water partition coefficient (Wildman–Crippen LogP) is 3.85. The van der Waals surface area contributed by atoms with E-state index in [2.05, 4.69) is 10.9 Å². The summed E-state index contributed by atoms with van der Waals surface area (Å²) in [4.78, 5) is 23.5. The van der Waals surface area contributed by atoms with E-state index < -0.39 is 11.8 Å². The molecule has 0 aromatic heterocycles. The van der Waals surface area contributed by atoms with E-state index in [0.717, 1.165) is 11.1 Å². The first kappa shape index (κ1) is 19.8. The Morgan fingerprint density at radius 2 is 1.88 bits per heavy atom. The Kier molecular flexibility index (Phi) is 7.06. The molecule has 2 amide bonds. The third kappa shape index (κ3) is 5.79. The first-order valence-electron chi connectivity index (χ1n) is 7.78. The molecule has 7 heteroatoms. The third-order valence-corrected chi connectivity index (χ3v) is 4.26. The van der Waals surface area contributed by atoms with Gasteiger partial charge in [-0.05, 0) is 48.7 Å². The minimum atomic E-state index is -0.513. The van der Waals surface area contributed by atoms with Crippen molar-refractivity contribution in [1.29, 1.82) is 0 Å². The fraction of sp³-hybridized carbons (Fsp3) is 0.158. The van der Waals surface area contributed by atoms with Crippen molar-refractivity contribution in [3.05, 3.63) is 69.2 Å². The smallest absolute Gasteiger partial charge is 0.276 e. The van der Waals surface area contributed by atoms with E-state index in [4.69, 9.17) is 27.9 Å². The van der Waals surface area contributed by atoms with Gasteiger partial charge in [-0.1, -0.05) is 47.5 Å². The number of hydrazine groups is 1. The summed E-state index contributed by atoms with van der Waals surface area (Å²) in [5, 5.41) is 0.746. The number of nitrogens with one attached hydrogen (secondary N) is 2. The zero-order valence-electron chi connectivity index (χ0n) is 14.3. The lowest BCUT2D eigenvalue weighted by atomic mass is 10.1. The van der Waals surface area contributed by atoms with E-state index in [1.165, 1.54) is 12.2 Å². The number of aryl methyl sites for hydroxylation is 2. The van der Waals surface area contributed by atoms with Gasteiger partial charge in [0, 0.05) is 6.08 Å². The summed E-state index contributed by atoms with van der Waals surface area (Å²) in [5.41, 5.74) is 7.10. The van der Waals surface area contributed by atoms with E-state index >= 15 is 0 Å². The number of amides is 2. The van der Waals surface area contributed by atoms with Crippen molar-refractivity contribution in [2.75, 3.05) is 6.61 Å². The van der Waals surface area contributed by atoms with Gasteiger partial charge in [0.2, 0.25) is 0 Å². The van der Waals surface area contributed by atoms with Gasteiger partial charge in [-0.15, -0.1) is 0 Å². The van der Waals surface area contributed by atoms with E-state index in [1.54, 1.807) is 18.2 Å². The van der Waals surface area contributed by atoms with Crippen LogP contribution in [0.4, 0.5) is 0 Å². The van der Waals surface area contributed by atoms with Crippen molar-refractivity contribution < 1.29 is 14.3 Å². The molecule has 0 radical (unpaired) electrons. The molecule has 26 heavy (non-hydrogen) atoms. The molecule has 136 valence electrons. The summed E-state index contributed by atoms with van der Waals surface area (Å²) in [7, 11) is 0. The van der Waals surface area contributed by atoms with Crippen LogP contribution in [0.5, 0.6) is 5.75 Å².